The molecule has 2 amide bonds. The van der Waals surface area contributed by atoms with Crippen LogP contribution in [-0.4, -0.2) is 56.1 Å². The van der Waals surface area contributed by atoms with Crippen LogP contribution < -0.4 is 10.0 Å². The van der Waals surface area contributed by atoms with Crippen LogP contribution in [0.15, 0.2) is 41.4 Å². The number of pyridine rings is 1. The smallest absolute Gasteiger partial charge is 0.354 e. The summed E-state index contributed by atoms with van der Waals surface area (Å²) in [5.41, 5.74) is 0.471. The van der Waals surface area contributed by atoms with Gasteiger partial charge in [-0.2, -0.15) is 0 Å². The lowest BCUT2D eigenvalue weighted by Crippen LogP contribution is -2.32. The van der Waals surface area contributed by atoms with E-state index in [1.54, 1.807) is 0 Å². The summed E-state index contributed by atoms with van der Waals surface area (Å²) in [7, 11) is -4.25. The van der Waals surface area contributed by atoms with E-state index in [0.29, 0.717) is 31.7 Å². The number of ether oxygens (including phenoxy) is 1. The second-order valence-electron chi connectivity index (χ2n) is 8.11. The molecule has 1 heterocycles. The molecule has 10 nitrogen and oxygen atoms in total. The number of benzene rings is 1. The summed E-state index contributed by atoms with van der Waals surface area (Å²) in [6, 6.07) is 6.46. The summed E-state index contributed by atoms with van der Waals surface area (Å²) in [6.07, 6.45) is 6.31. The number of carboxylic acid groups (broad SMARTS) is 1. The van der Waals surface area contributed by atoms with Crippen molar-refractivity contribution in [3.8, 4) is 0 Å². The molecule has 11 heteroatoms. The number of rotatable bonds is 15. The van der Waals surface area contributed by atoms with Gasteiger partial charge in [0.2, 0.25) is 0 Å². The van der Waals surface area contributed by atoms with Gasteiger partial charge in [-0.25, -0.2) is 22.9 Å². The van der Waals surface area contributed by atoms with Crippen LogP contribution in [0.5, 0.6) is 0 Å². The van der Waals surface area contributed by atoms with Crippen molar-refractivity contribution in [3.63, 3.8) is 0 Å². The second kappa shape index (κ2) is 14.3. The number of carboxylic acids is 1. The Hall–Kier alpha value is -3.31. The molecule has 1 aromatic heterocycles. The lowest BCUT2D eigenvalue weighted by Gasteiger charge is -2.12. The minimum Gasteiger partial charge on any atom is -0.477 e. The van der Waals surface area contributed by atoms with Crippen molar-refractivity contribution < 1.29 is 32.6 Å². The van der Waals surface area contributed by atoms with Gasteiger partial charge in [-0.1, -0.05) is 32.6 Å². The molecule has 0 aliphatic heterocycles. The average Bonchev–Trinajstić information content (AvgIpc) is 2.86. The zero-order valence-electron chi connectivity index (χ0n) is 20.6. The summed E-state index contributed by atoms with van der Waals surface area (Å²) in [5.74, 6) is -2.51. The van der Waals surface area contributed by atoms with Crippen molar-refractivity contribution in [2.45, 2.75) is 57.3 Å². The number of hydrogen-bond acceptors (Lipinski definition) is 7. The van der Waals surface area contributed by atoms with Crippen LogP contribution in [0.1, 0.15) is 82.7 Å². The Morgan fingerprint density at radius 1 is 1.00 bits per heavy atom. The third kappa shape index (κ3) is 8.72. The quantitative estimate of drug-likeness (QED) is 0.304. The third-order valence-electron chi connectivity index (χ3n) is 5.39. The number of carbonyl (C=O) groups is 3. The standard InChI is InChI=1S/C25H33N3O7S/c1-3-5-6-7-8-9-19-16-22(25(31)32)27-17-21(19)24(30)28-36(33,34)20-12-10-18(11-13-20)23(29)26-14-15-35-4-2/h10-13,16-17H,3-9,14-15H2,1-2H3,(H,26,29)(H,28,30)(H,31,32). The Kier molecular flexibility index (Phi) is 11.5. The third-order valence-corrected chi connectivity index (χ3v) is 6.74. The van der Waals surface area contributed by atoms with E-state index in [1.165, 1.54) is 30.3 Å². The van der Waals surface area contributed by atoms with E-state index in [0.717, 1.165) is 38.3 Å². The lowest BCUT2D eigenvalue weighted by atomic mass is 10.0. The summed E-state index contributed by atoms with van der Waals surface area (Å²) in [6.45, 7) is 5.16. The molecule has 196 valence electrons. The van der Waals surface area contributed by atoms with Crippen LogP contribution >= 0.6 is 0 Å². The minimum atomic E-state index is -4.25. The second-order valence-corrected chi connectivity index (χ2v) is 9.79. The summed E-state index contributed by atoms with van der Waals surface area (Å²) >= 11 is 0. The van der Waals surface area contributed by atoms with E-state index < -0.39 is 21.9 Å². The Morgan fingerprint density at radius 3 is 2.33 bits per heavy atom. The number of unbranched alkanes of at least 4 members (excludes halogenated alkanes) is 4. The maximum absolute atomic E-state index is 12.9. The van der Waals surface area contributed by atoms with Gasteiger partial charge in [0.25, 0.3) is 21.8 Å². The zero-order valence-corrected chi connectivity index (χ0v) is 21.4. The fraction of sp³-hybridized carbons (Fsp3) is 0.440. The highest BCUT2D eigenvalue weighted by Crippen LogP contribution is 2.17. The van der Waals surface area contributed by atoms with Gasteiger partial charge >= 0.3 is 5.97 Å². The first-order valence-electron chi connectivity index (χ1n) is 11.9. The Balaban J connectivity index is 2.13. The Labute approximate surface area is 211 Å². The number of carbonyl (C=O) groups excluding carboxylic acids is 2. The highest BCUT2D eigenvalue weighted by molar-refractivity contribution is 7.90. The molecule has 0 bridgehead atoms. The first-order chi connectivity index (χ1) is 17.2. The first kappa shape index (κ1) is 28.9. The monoisotopic (exact) mass is 519 g/mol. The predicted molar refractivity (Wildman–Crippen MR) is 134 cm³/mol. The fourth-order valence-corrected chi connectivity index (χ4v) is 4.42. The molecular weight excluding hydrogens is 486 g/mol. The molecular formula is C25H33N3O7S. The van der Waals surface area contributed by atoms with Gasteiger partial charge in [-0.05, 0) is 55.7 Å². The molecule has 0 radical (unpaired) electrons. The number of amides is 2. The molecule has 2 rings (SSSR count). The maximum Gasteiger partial charge on any atom is 0.354 e. The average molecular weight is 520 g/mol. The van der Waals surface area contributed by atoms with Crippen LogP contribution in [0.25, 0.3) is 0 Å². The van der Waals surface area contributed by atoms with Crippen molar-refractivity contribution in [2.24, 2.45) is 0 Å². The van der Waals surface area contributed by atoms with Gasteiger partial charge in [0.05, 0.1) is 17.1 Å². The number of sulfonamides is 1. The van der Waals surface area contributed by atoms with Gasteiger partial charge in [-0.3, -0.25) is 9.59 Å². The Morgan fingerprint density at radius 2 is 1.69 bits per heavy atom. The maximum atomic E-state index is 12.9. The molecule has 36 heavy (non-hydrogen) atoms. The van der Waals surface area contributed by atoms with Crippen molar-refractivity contribution in [1.29, 1.82) is 0 Å². The number of aryl methyl sites for hydroxylation is 1. The van der Waals surface area contributed by atoms with E-state index in [4.69, 9.17) is 4.74 Å². The number of hydrogen-bond donors (Lipinski definition) is 3. The fourth-order valence-electron chi connectivity index (χ4n) is 3.45. The van der Waals surface area contributed by atoms with E-state index in [2.05, 4.69) is 17.2 Å². The number of nitrogens with zero attached hydrogens (tertiary/aromatic N) is 1. The molecule has 0 unspecified atom stereocenters. The van der Waals surface area contributed by atoms with Crippen LogP contribution in [0, 0.1) is 0 Å². The van der Waals surface area contributed by atoms with Gasteiger partial charge in [0.1, 0.15) is 5.69 Å². The number of aromatic nitrogens is 1. The molecule has 0 spiro atoms. The van der Waals surface area contributed by atoms with Gasteiger partial charge in [-0.15, -0.1) is 0 Å². The van der Waals surface area contributed by atoms with E-state index in [-0.39, 0.29) is 27.6 Å². The summed E-state index contributed by atoms with van der Waals surface area (Å²) in [4.78, 5) is 39.9. The highest BCUT2D eigenvalue weighted by Gasteiger charge is 2.22. The van der Waals surface area contributed by atoms with E-state index in [1.807, 2.05) is 11.6 Å². The molecule has 0 fully saturated rings. The van der Waals surface area contributed by atoms with Crippen LogP contribution in [-0.2, 0) is 21.2 Å². The van der Waals surface area contributed by atoms with Crippen molar-refractivity contribution >= 4 is 27.8 Å². The minimum absolute atomic E-state index is 0.00404. The van der Waals surface area contributed by atoms with Gasteiger partial charge in [0.15, 0.2) is 0 Å². The number of aromatic carboxylic acids is 1. The van der Waals surface area contributed by atoms with Gasteiger partial charge < -0.3 is 15.2 Å². The van der Waals surface area contributed by atoms with Gasteiger partial charge in [0, 0.05) is 24.9 Å². The summed E-state index contributed by atoms with van der Waals surface area (Å²) < 4.78 is 32.8. The lowest BCUT2D eigenvalue weighted by molar-refractivity contribution is 0.0689. The van der Waals surface area contributed by atoms with Crippen molar-refractivity contribution in [1.82, 2.24) is 15.0 Å². The van der Waals surface area contributed by atoms with Crippen molar-refractivity contribution in [2.75, 3.05) is 19.8 Å². The van der Waals surface area contributed by atoms with Crippen LogP contribution in [0.3, 0.4) is 0 Å². The largest absolute Gasteiger partial charge is 0.477 e. The SMILES string of the molecule is CCCCCCCc1cc(C(=O)O)ncc1C(=O)NS(=O)(=O)c1ccc(C(=O)NCCOCC)cc1. The van der Waals surface area contributed by atoms with Crippen molar-refractivity contribution in [3.05, 3.63) is 58.9 Å². The molecule has 0 saturated carbocycles. The van der Waals surface area contributed by atoms with E-state index in [9.17, 15) is 27.9 Å². The van der Waals surface area contributed by atoms with Crippen LogP contribution in [0.4, 0.5) is 0 Å². The zero-order chi connectivity index (χ0) is 26.6. The first-order valence-corrected chi connectivity index (χ1v) is 13.4. The van der Waals surface area contributed by atoms with E-state index >= 15 is 0 Å². The molecule has 1 aromatic carbocycles. The molecule has 2 aromatic rings. The Bertz CT molecular complexity index is 1150. The molecule has 0 atom stereocenters. The highest BCUT2D eigenvalue weighted by atomic mass is 32.2. The molecule has 0 aliphatic rings. The predicted octanol–water partition coefficient (Wildman–Crippen LogP) is 3.18. The molecule has 0 aliphatic carbocycles. The normalized spacial score (nSPS) is 11.2. The molecule has 0 saturated heterocycles. The summed E-state index contributed by atoms with van der Waals surface area (Å²) in [5, 5.41) is 11.9. The van der Waals surface area contributed by atoms with Crippen LogP contribution in [0.2, 0.25) is 0 Å². The topological polar surface area (TPSA) is 152 Å². The molecule has 3 N–H and O–H groups in total. The number of nitrogens with one attached hydrogen (secondary N) is 2.